The fraction of sp³-hybridized carbons (Fsp3) is 0.333. The second-order valence-corrected chi connectivity index (χ2v) is 5.38. The molecule has 96 valence electrons. The first-order valence-corrected chi connectivity index (χ1v) is 7.12. The molecule has 2 rings (SSSR count). The van der Waals surface area contributed by atoms with Crippen LogP contribution in [0.1, 0.15) is 6.42 Å². The van der Waals surface area contributed by atoms with Crippen molar-refractivity contribution in [2.45, 2.75) is 13.0 Å². The lowest BCUT2D eigenvalue weighted by Gasteiger charge is -2.07. The van der Waals surface area contributed by atoms with Gasteiger partial charge in [-0.1, -0.05) is 18.2 Å². The van der Waals surface area contributed by atoms with Gasteiger partial charge in [-0.15, -0.1) is 0 Å². The van der Waals surface area contributed by atoms with E-state index in [1.165, 1.54) is 0 Å². The molecule has 2 aromatic rings. The predicted octanol–water partition coefficient (Wildman–Crippen LogP) is 3.25. The van der Waals surface area contributed by atoms with E-state index in [-0.39, 0.29) is 0 Å². The highest BCUT2D eigenvalue weighted by Gasteiger charge is 2.10. The summed E-state index contributed by atoms with van der Waals surface area (Å²) in [4.78, 5) is 0. The normalized spacial score (nSPS) is 10.8. The van der Waals surface area contributed by atoms with Crippen molar-refractivity contribution in [3.05, 3.63) is 32.6 Å². The number of nitrogens with zero attached hydrogens (tertiary/aromatic N) is 2. The number of aromatic nitrogens is 3. The Morgan fingerprint density at radius 3 is 2.94 bits per heavy atom. The second-order valence-electron chi connectivity index (χ2n) is 3.83. The van der Waals surface area contributed by atoms with Crippen LogP contribution < -0.4 is 0 Å². The van der Waals surface area contributed by atoms with E-state index >= 15 is 0 Å². The minimum atomic E-state index is 0.653. The van der Waals surface area contributed by atoms with Crippen molar-refractivity contribution in [2.75, 3.05) is 13.7 Å². The number of nitrogens with one attached hydrogen (secondary N) is 1. The number of benzene rings is 1. The Balaban J connectivity index is 2.34. The van der Waals surface area contributed by atoms with Gasteiger partial charge in [0, 0.05) is 29.4 Å². The number of H-pyrrole nitrogens is 1. The third-order valence-corrected chi connectivity index (χ3v) is 3.86. The molecule has 0 saturated heterocycles. The van der Waals surface area contributed by atoms with E-state index in [1.807, 2.05) is 16.7 Å². The van der Waals surface area contributed by atoms with Gasteiger partial charge in [0.2, 0.25) is 0 Å². The van der Waals surface area contributed by atoms with E-state index in [0.29, 0.717) is 4.77 Å². The molecule has 1 aromatic heterocycles. The highest BCUT2D eigenvalue weighted by molar-refractivity contribution is 14.1. The van der Waals surface area contributed by atoms with Gasteiger partial charge in [-0.3, -0.25) is 5.10 Å². The number of halogens is 1. The van der Waals surface area contributed by atoms with Crippen LogP contribution in [0.25, 0.3) is 11.4 Å². The topological polar surface area (TPSA) is 42.8 Å². The zero-order valence-corrected chi connectivity index (χ0v) is 13.0. The first-order chi connectivity index (χ1) is 8.74. The zero-order valence-electron chi connectivity index (χ0n) is 10.0. The molecule has 0 aliphatic rings. The SMILES string of the molecule is COCCCn1c(-c2ccccc2I)n[nH]c1=S. The van der Waals surface area contributed by atoms with Crippen molar-refractivity contribution >= 4 is 34.8 Å². The molecule has 1 heterocycles. The monoisotopic (exact) mass is 375 g/mol. The molecule has 6 heteroatoms. The van der Waals surface area contributed by atoms with E-state index in [2.05, 4.69) is 44.9 Å². The Morgan fingerprint density at radius 1 is 1.44 bits per heavy atom. The molecule has 0 amide bonds. The quantitative estimate of drug-likeness (QED) is 0.496. The molecular weight excluding hydrogens is 361 g/mol. The van der Waals surface area contributed by atoms with E-state index in [9.17, 15) is 0 Å². The molecule has 0 spiro atoms. The van der Waals surface area contributed by atoms with Crippen LogP contribution in [0.3, 0.4) is 0 Å². The van der Waals surface area contributed by atoms with E-state index in [1.54, 1.807) is 7.11 Å². The molecular formula is C12H14IN3OS. The molecule has 0 radical (unpaired) electrons. The summed E-state index contributed by atoms with van der Waals surface area (Å²) in [6, 6.07) is 8.14. The molecule has 18 heavy (non-hydrogen) atoms. The van der Waals surface area contributed by atoms with Gasteiger partial charge in [-0.2, -0.15) is 5.10 Å². The van der Waals surface area contributed by atoms with E-state index in [4.69, 9.17) is 17.0 Å². The van der Waals surface area contributed by atoms with Crippen LogP contribution in [0.5, 0.6) is 0 Å². The van der Waals surface area contributed by atoms with Crippen molar-refractivity contribution in [2.24, 2.45) is 0 Å². The van der Waals surface area contributed by atoms with Crippen LogP contribution in [0.2, 0.25) is 0 Å². The summed E-state index contributed by atoms with van der Waals surface area (Å²) in [5.74, 6) is 0.890. The van der Waals surface area contributed by atoms with Gasteiger partial charge in [0.1, 0.15) is 0 Å². The molecule has 0 aliphatic heterocycles. The van der Waals surface area contributed by atoms with Gasteiger partial charge in [0.05, 0.1) is 0 Å². The summed E-state index contributed by atoms with van der Waals surface area (Å²) >= 11 is 7.58. The smallest absolute Gasteiger partial charge is 0.195 e. The van der Waals surface area contributed by atoms with Crippen molar-refractivity contribution in [1.29, 1.82) is 0 Å². The average molecular weight is 375 g/mol. The Kier molecular flexibility index (Phi) is 4.90. The van der Waals surface area contributed by atoms with Gasteiger partial charge in [-0.25, -0.2) is 0 Å². The summed E-state index contributed by atoms with van der Waals surface area (Å²) in [5.41, 5.74) is 1.10. The first-order valence-electron chi connectivity index (χ1n) is 5.63. The average Bonchev–Trinajstić information content (AvgIpc) is 2.72. The van der Waals surface area contributed by atoms with Crippen LogP contribution in [-0.2, 0) is 11.3 Å². The Labute approximate surface area is 125 Å². The Morgan fingerprint density at radius 2 is 2.22 bits per heavy atom. The summed E-state index contributed by atoms with van der Waals surface area (Å²) < 4.78 is 8.91. The predicted molar refractivity (Wildman–Crippen MR) is 82.1 cm³/mol. The second kappa shape index (κ2) is 6.44. The third-order valence-electron chi connectivity index (χ3n) is 2.60. The van der Waals surface area contributed by atoms with Crippen LogP contribution in [0, 0.1) is 8.34 Å². The van der Waals surface area contributed by atoms with Gasteiger partial charge in [0.15, 0.2) is 10.6 Å². The summed E-state index contributed by atoms with van der Waals surface area (Å²) in [6.45, 7) is 1.53. The third kappa shape index (κ3) is 2.99. The fourth-order valence-electron chi connectivity index (χ4n) is 1.74. The maximum Gasteiger partial charge on any atom is 0.195 e. The minimum absolute atomic E-state index is 0.653. The van der Waals surface area contributed by atoms with Gasteiger partial charge >= 0.3 is 0 Å². The maximum absolute atomic E-state index is 5.27. The number of hydrogen-bond acceptors (Lipinski definition) is 3. The molecule has 0 unspecified atom stereocenters. The Bertz CT molecular complexity index is 579. The highest BCUT2D eigenvalue weighted by Crippen LogP contribution is 2.23. The van der Waals surface area contributed by atoms with Crippen LogP contribution in [-0.4, -0.2) is 28.5 Å². The summed E-state index contributed by atoms with van der Waals surface area (Å²) in [6.07, 6.45) is 0.917. The van der Waals surface area contributed by atoms with Crippen LogP contribution >= 0.6 is 34.8 Å². The fourth-order valence-corrected chi connectivity index (χ4v) is 2.59. The van der Waals surface area contributed by atoms with Crippen molar-refractivity contribution in [3.63, 3.8) is 0 Å². The van der Waals surface area contributed by atoms with Crippen LogP contribution in [0.4, 0.5) is 0 Å². The highest BCUT2D eigenvalue weighted by atomic mass is 127. The number of rotatable bonds is 5. The van der Waals surface area contributed by atoms with E-state index in [0.717, 1.165) is 34.5 Å². The summed E-state index contributed by atoms with van der Waals surface area (Å²) in [5, 5.41) is 7.19. The minimum Gasteiger partial charge on any atom is -0.385 e. The molecule has 1 aromatic carbocycles. The van der Waals surface area contributed by atoms with Crippen molar-refractivity contribution < 1.29 is 4.74 Å². The molecule has 0 atom stereocenters. The van der Waals surface area contributed by atoms with Crippen LogP contribution in [0.15, 0.2) is 24.3 Å². The first kappa shape index (κ1) is 13.7. The van der Waals surface area contributed by atoms with E-state index < -0.39 is 0 Å². The van der Waals surface area contributed by atoms with Crippen molar-refractivity contribution in [1.82, 2.24) is 14.8 Å². The van der Waals surface area contributed by atoms with Crippen molar-refractivity contribution in [3.8, 4) is 11.4 Å². The molecule has 0 bridgehead atoms. The lowest BCUT2D eigenvalue weighted by molar-refractivity contribution is 0.190. The lowest BCUT2D eigenvalue weighted by Crippen LogP contribution is -2.04. The molecule has 0 fully saturated rings. The lowest BCUT2D eigenvalue weighted by atomic mass is 10.2. The van der Waals surface area contributed by atoms with Gasteiger partial charge in [0.25, 0.3) is 0 Å². The number of hydrogen-bond donors (Lipinski definition) is 1. The van der Waals surface area contributed by atoms with Gasteiger partial charge in [-0.05, 0) is 47.3 Å². The maximum atomic E-state index is 5.27. The molecule has 0 aliphatic carbocycles. The molecule has 0 saturated carbocycles. The number of aromatic amines is 1. The number of methoxy groups -OCH3 is 1. The zero-order chi connectivity index (χ0) is 13.0. The summed E-state index contributed by atoms with van der Waals surface area (Å²) in [7, 11) is 1.70. The number of ether oxygens (including phenoxy) is 1. The van der Waals surface area contributed by atoms with Gasteiger partial charge < -0.3 is 9.30 Å². The molecule has 1 N–H and O–H groups in total. The molecule has 4 nitrogen and oxygen atoms in total. The Hall–Kier alpha value is -0.730. The standard InChI is InChI=1S/C12H14IN3OS/c1-17-8-4-7-16-11(14-15-12(16)18)9-5-2-3-6-10(9)13/h2-3,5-6H,4,7-8H2,1H3,(H,15,18). The largest absolute Gasteiger partial charge is 0.385 e.